The number of hydrogen-bond donors (Lipinski definition) is 0. The quantitative estimate of drug-likeness (QED) is 0.734. The van der Waals surface area contributed by atoms with Crippen molar-refractivity contribution in [2.45, 2.75) is 78.8 Å². The van der Waals surface area contributed by atoms with Crippen LogP contribution in [0.3, 0.4) is 0 Å². The van der Waals surface area contributed by atoms with Gasteiger partial charge in [-0.15, -0.1) is 0 Å². The van der Waals surface area contributed by atoms with Gasteiger partial charge in [-0.2, -0.15) is 0 Å². The maximum atomic E-state index is 11.1. The predicted octanol–water partition coefficient (Wildman–Crippen LogP) is 4.07. The van der Waals surface area contributed by atoms with Gasteiger partial charge in [-0.3, -0.25) is 9.11 Å². The van der Waals surface area contributed by atoms with Gasteiger partial charge < -0.3 is 0 Å². The molecule has 0 aromatic heterocycles. The Morgan fingerprint density at radius 1 is 1.16 bits per heavy atom. The topological polar surface area (TPSA) is 20.3 Å². The largest absolute Gasteiger partial charge is 0.298 e. The SMILES string of the molecule is CC.CCN(C(C)C)C1CCC(CCS(C)=O)CC1. The molecule has 1 saturated carbocycles. The van der Waals surface area contributed by atoms with E-state index in [2.05, 4.69) is 25.7 Å². The van der Waals surface area contributed by atoms with Crippen molar-refractivity contribution in [2.75, 3.05) is 18.6 Å². The molecule has 0 aromatic carbocycles. The van der Waals surface area contributed by atoms with E-state index in [1.54, 1.807) is 0 Å². The van der Waals surface area contributed by atoms with E-state index in [0.717, 1.165) is 17.7 Å². The summed E-state index contributed by atoms with van der Waals surface area (Å²) in [7, 11) is -0.604. The summed E-state index contributed by atoms with van der Waals surface area (Å²) in [4.78, 5) is 2.63. The highest BCUT2D eigenvalue weighted by molar-refractivity contribution is 7.84. The molecule has 19 heavy (non-hydrogen) atoms. The Labute approximate surface area is 123 Å². The van der Waals surface area contributed by atoms with Crippen LogP contribution in [0.5, 0.6) is 0 Å². The Hall–Kier alpha value is 0.110. The van der Waals surface area contributed by atoms with Crippen LogP contribution < -0.4 is 0 Å². The Morgan fingerprint density at radius 2 is 1.68 bits per heavy atom. The third-order valence-corrected chi connectivity index (χ3v) is 4.94. The van der Waals surface area contributed by atoms with Crippen molar-refractivity contribution in [1.29, 1.82) is 0 Å². The summed E-state index contributed by atoms with van der Waals surface area (Å²) in [5, 5.41) is 0. The minimum atomic E-state index is -0.604. The second-order valence-corrected chi connectivity index (χ2v) is 7.22. The highest BCUT2D eigenvalue weighted by atomic mass is 32.2. The van der Waals surface area contributed by atoms with Crippen molar-refractivity contribution < 1.29 is 4.21 Å². The van der Waals surface area contributed by atoms with Crippen LogP contribution in [0.4, 0.5) is 0 Å². The van der Waals surface area contributed by atoms with E-state index in [9.17, 15) is 4.21 Å². The van der Waals surface area contributed by atoms with Gasteiger partial charge in [-0.05, 0) is 58.4 Å². The van der Waals surface area contributed by atoms with Crippen LogP contribution in [-0.4, -0.2) is 39.7 Å². The standard InChI is InChI=1S/C14H29NOS.C2H6/c1-5-15(12(2)3)14-8-6-13(7-9-14)10-11-17(4)16;1-2/h12-14H,5-11H2,1-4H3;1-2H3. The van der Waals surface area contributed by atoms with Crippen LogP contribution in [0.15, 0.2) is 0 Å². The average molecular weight is 290 g/mol. The molecule has 0 aliphatic heterocycles. The zero-order valence-corrected chi connectivity index (χ0v) is 14.8. The molecule has 0 amide bonds. The van der Waals surface area contributed by atoms with Gasteiger partial charge in [0.05, 0.1) is 0 Å². The van der Waals surface area contributed by atoms with Gasteiger partial charge in [0.2, 0.25) is 0 Å². The minimum Gasteiger partial charge on any atom is -0.298 e. The fraction of sp³-hybridized carbons (Fsp3) is 1.00. The maximum absolute atomic E-state index is 11.1. The molecule has 0 saturated heterocycles. The summed E-state index contributed by atoms with van der Waals surface area (Å²) in [6, 6.07) is 1.47. The lowest BCUT2D eigenvalue weighted by Gasteiger charge is -2.38. The van der Waals surface area contributed by atoms with E-state index in [1.807, 2.05) is 20.1 Å². The molecule has 0 aromatic rings. The van der Waals surface area contributed by atoms with Crippen molar-refractivity contribution in [3.63, 3.8) is 0 Å². The lowest BCUT2D eigenvalue weighted by atomic mass is 9.83. The summed E-state index contributed by atoms with van der Waals surface area (Å²) >= 11 is 0. The first-order valence-electron chi connectivity index (χ1n) is 8.10. The van der Waals surface area contributed by atoms with Crippen LogP contribution >= 0.6 is 0 Å². The van der Waals surface area contributed by atoms with Gasteiger partial charge in [-0.1, -0.05) is 20.8 Å². The van der Waals surface area contributed by atoms with E-state index in [4.69, 9.17) is 0 Å². The molecule has 1 rings (SSSR count). The van der Waals surface area contributed by atoms with Crippen molar-refractivity contribution in [1.82, 2.24) is 4.90 Å². The monoisotopic (exact) mass is 289 g/mol. The van der Waals surface area contributed by atoms with E-state index >= 15 is 0 Å². The van der Waals surface area contributed by atoms with Crippen LogP contribution in [-0.2, 0) is 10.8 Å². The fourth-order valence-corrected chi connectivity index (χ4v) is 3.81. The maximum Gasteiger partial charge on any atom is 0.0234 e. The smallest absolute Gasteiger partial charge is 0.0234 e. The van der Waals surface area contributed by atoms with Gasteiger partial charge in [0, 0.05) is 34.9 Å². The molecule has 2 nitrogen and oxygen atoms in total. The first-order chi connectivity index (χ1) is 9.04. The van der Waals surface area contributed by atoms with E-state index in [-0.39, 0.29) is 0 Å². The molecule has 116 valence electrons. The second-order valence-electron chi connectivity index (χ2n) is 5.66. The third kappa shape index (κ3) is 7.45. The molecule has 0 spiro atoms. The molecule has 0 radical (unpaired) electrons. The Kier molecular flexibility index (Phi) is 10.9. The van der Waals surface area contributed by atoms with E-state index in [1.165, 1.54) is 38.6 Å². The van der Waals surface area contributed by atoms with Crippen LogP contribution in [0.2, 0.25) is 0 Å². The molecule has 1 aliphatic carbocycles. The van der Waals surface area contributed by atoms with Crippen molar-refractivity contribution in [3.8, 4) is 0 Å². The second kappa shape index (κ2) is 10.8. The molecule has 1 aliphatic rings. The zero-order valence-electron chi connectivity index (χ0n) is 13.9. The van der Waals surface area contributed by atoms with Gasteiger partial charge in [-0.25, -0.2) is 0 Å². The average Bonchev–Trinajstić information content (AvgIpc) is 2.40. The summed E-state index contributed by atoms with van der Waals surface area (Å²) in [6.45, 7) is 12.0. The predicted molar refractivity (Wildman–Crippen MR) is 88.2 cm³/mol. The van der Waals surface area contributed by atoms with E-state index in [0.29, 0.717) is 6.04 Å². The highest BCUT2D eigenvalue weighted by Crippen LogP contribution is 2.30. The molecule has 0 N–H and O–H groups in total. The molecule has 1 fully saturated rings. The van der Waals surface area contributed by atoms with Gasteiger partial charge in [0.1, 0.15) is 0 Å². The van der Waals surface area contributed by atoms with Gasteiger partial charge in [0.25, 0.3) is 0 Å². The summed E-state index contributed by atoms with van der Waals surface area (Å²) in [5.41, 5.74) is 0. The molecular formula is C16H35NOS. The van der Waals surface area contributed by atoms with Crippen LogP contribution in [0, 0.1) is 5.92 Å². The Bertz CT molecular complexity index is 235. The Morgan fingerprint density at radius 3 is 2.05 bits per heavy atom. The number of hydrogen-bond acceptors (Lipinski definition) is 2. The zero-order chi connectivity index (χ0) is 14.8. The van der Waals surface area contributed by atoms with Crippen LogP contribution in [0.25, 0.3) is 0 Å². The van der Waals surface area contributed by atoms with Crippen molar-refractivity contribution in [2.24, 2.45) is 5.92 Å². The molecule has 0 bridgehead atoms. The lowest BCUT2D eigenvalue weighted by Crippen LogP contribution is -2.42. The summed E-state index contributed by atoms with van der Waals surface area (Å²) in [6.07, 6.45) is 8.35. The normalized spacial score (nSPS) is 25.1. The minimum absolute atomic E-state index is 0.604. The van der Waals surface area contributed by atoms with Crippen molar-refractivity contribution in [3.05, 3.63) is 0 Å². The third-order valence-electron chi connectivity index (χ3n) is 4.13. The first-order valence-corrected chi connectivity index (χ1v) is 9.83. The highest BCUT2D eigenvalue weighted by Gasteiger charge is 2.26. The molecule has 3 heteroatoms. The van der Waals surface area contributed by atoms with Gasteiger partial charge >= 0.3 is 0 Å². The molecular weight excluding hydrogens is 254 g/mol. The first kappa shape index (κ1) is 19.1. The Balaban J connectivity index is 0.00000154. The summed E-state index contributed by atoms with van der Waals surface area (Å²) in [5.74, 6) is 1.73. The van der Waals surface area contributed by atoms with E-state index < -0.39 is 10.8 Å². The summed E-state index contributed by atoms with van der Waals surface area (Å²) < 4.78 is 11.1. The molecule has 0 heterocycles. The van der Waals surface area contributed by atoms with Crippen LogP contribution in [0.1, 0.15) is 66.7 Å². The lowest BCUT2D eigenvalue weighted by molar-refractivity contribution is 0.111. The van der Waals surface area contributed by atoms with Crippen molar-refractivity contribution >= 4 is 10.8 Å². The number of rotatable bonds is 6. The molecule has 1 atom stereocenters. The number of nitrogens with zero attached hydrogens (tertiary/aromatic N) is 1. The fourth-order valence-electron chi connectivity index (χ4n) is 3.14. The molecule has 1 unspecified atom stereocenters. The van der Waals surface area contributed by atoms with Gasteiger partial charge in [0.15, 0.2) is 0 Å².